The second kappa shape index (κ2) is 7.94. The van der Waals surface area contributed by atoms with Crippen LogP contribution in [0.5, 0.6) is 0 Å². The maximum Gasteiger partial charge on any atom is 0.258 e. The average Bonchev–Trinajstić information content (AvgIpc) is 3.33. The third-order valence-corrected chi connectivity index (χ3v) is 8.08. The number of nitrogens with zero attached hydrogens (tertiary/aromatic N) is 2. The number of carbonyl (C=O) groups is 2. The van der Waals surface area contributed by atoms with Crippen molar-refractivity contribution < 1.29 is 18.0 Å². The summed E-state index contributed by atoms with van der Waals surface area (Å²) in [5.41, 5.74) is 1.53. The van der Waals surface area contributed by atoms with E-state index >= 15 is 0 Å². The van der Waals surface area contributed by atoms with Gasteiger partial charge in [0, 0.05) is 31.7 Å². The second-order valence-corrected chi connectivity index (χ2v) is 9.61. The Labute approximate surface area is 176 Å². The lowest BCUT2D eigenvalue weighted by Gasteiger charge is -2.29. The number of imide groups is 1. The first kappa shape index (κ1) is 20.7. The van der Waals surface area contributed by atoms with E-state index < -0.39 is 21.8 Å². The molecule has 158 valence electrons. The summed E-state index contributed by atoms with van der Waals surface area (Å²) in [6, 6.07) is 14.4. The predicted molar refractivity (Wildman–Crippen MR) is 113 cm³/mol. The number of fused-ring (bicyclic) bond motifs is 1. The van der Waals surface area contributed by atoms with Gasteiger partial charge in [-0.1, -0.05) is 37.3 Å². The van der Waals surface area contributed by atoms with Crippen LogP contribution in [-0.4, -0.2) is 55.1 Å². The smallest absolute Gasteiger partial charge is 0.258 e. The molecule has 2 atom stereocenters. The molecule has 2 aromatic rings. The lowest BCUT2D eigenvalue weighted by molar-refractivity contribution is 0.0879. The van der Waals surface area contributed by atoms with Crippen molar-refractivity contribution in [3.8, 4) is 0 Å². The Balaban J connectivity index is 1.56. The Bertz CT molecular complexity index is 1080. The van der Waals surface area contributed by atoms with Gasteiger partial charge in [-0.3, -0.25) is 19.8 Å². The SMILES string of the molecule is CCN(C1CCN(C(C)c2ccccc2)C1)S(=O)(=O)c1ccc2c(c1)C(=O)NC2=O. The molecule has 0 radical (unpaired) electrons. The molecule has 1 fully saturated rings. The van der Waals surface area contributed by atoms with Gasteiger partial charge in [0.2, 0.25) is 10.0 Å². The van der Waals surface area contributed by atoms with E-state index in [1.54, 1.807) is 0 Å². The minimum absolute atomic E-state index is 0.0440. The highest BCUT2D eigenvalue weighted by molar-refractivity contribution is 7.89. The number of amides is 2. The molecule has 1 saturated heterocycles. The third-order valence-electron chi connectivity index (χ3n) is 6.06. The highest BCUT2D eigenvalue weighted by Gasteiger charge is 2.37. The molecule has 2 heterocycles. The number of likely N-dealkylation sites (N-methyl/N-ethyl adjacent to an activating group) is 1. The first-order valence-electron chi connectivity index (χ1n) is 10.1. The van der Waals surface area contributed by atoms with E-state index in [-0.39, 0.29) is 28.1 Å². The number of carbonyl (C=O) groups excluding carboxylic acids is 2. The molecular formula is C22H25N3O4S. The Hall–Kier alpha value is -2.55. The van der Waals surface area contributed by atoms with Crippen LogP contribution in [-0.2, 0) is 10.0 Å². The topological polar surface area (TPSA) is 86.8 Å². The zero-order valence-corrected chi connectivity index (χ0v) is 17.9. The van der Waals surface area contributed by atoms with E-state index in [0.717, 1.165) is 13.0 Å². The number of likely N-dealkylation sites (tertiary alicyclic amines) is 1. The standard InChI is InChI=1S/C22H25N3O4S/c1-3-25(17-11-12-24(14-17)15(2)16-7-5-4-6-8-16)30(28,29)18-9-10-19-20(13-18)22(27)23-21(19)26/h4-10,13,15,17H,3,11-12,14H2,1-2H3,(H,23,26,27). The van der Waals surface area contributed by atoms with Crippen LogP contribution in [0, 0.1) is 0 Å². The summed E-state index contributed by atoms with van der Waals surface area (Å²) >= 11 is 0. The highest BCUT2D eigenvalue weighted by atomic mass is 32.2. The van der Waals surface area contributed by atoms with Crippen molar-refractivity contribution in [3.63, 3.8) is 0 Å². The van der Waals surface area contributed by atoms with Crippen molar-refractivity contribution in [2.75, 3.05) is 19.6 Å². The van der Waals surface area contributed by atoms with E-state index in [1.807, 2.05) is 25.1 Å². The lowest BCUT2D eigenvalue weighted by Crippen LogP contribution is -2.42. The van der Waals surface area contributed by atoms with Crippen LogP contribution in [0.15, 0.2) is 53.4 Å². The summed E-state index contributed by atoms with van der Waals surface area (Å²) < 4.78 is 28.3. The van der Waals surface area contributed by atoms with Gasteiger partial charge in [0.15, 0.2) is 0 Å². The normalized spacial score (nSPS) is 20.4. The highest BCUT2D eigenvalue weighted by Crippen LogP contribution is 2.30. The van der Waals surface area contributed by atoms with Gasteiger partial charge in [-0.25, -0.2) is 8.42 Å². The first-order chi connectivity index (χ1) is 14.3. The molecule has 0 spiro atoms. The van der Waals surface area contributed by atoms with Gasteiger partial charge in [-0.2, -0.15) is 4.31 Å². The number of hydrogen-bond donors (Lipinski definition) is 1. The molecule has 30 heavy (non-hydrogen) atoms. The fourth-order valence-electron chi connectivity index (χ4n) is 4.36. The zero-order chi connectivity index (χ0) is 21.5. The first-order valence-corrected chi connectivity index (χ1v) is 11.6. The minimum atomic E-state index is -3.80. The average molecular weight is 428 g/mol. The van der Waals surface area contributed by atoms with E-state index in [2.05, 4.69) is 29.3 Å². The van der Waals surface area contributed by atoms with Crippen LogP contribution < -0.4 is 5.32 Å². The number of hydrogen-bond acceptors (Lipinski definition) is 5. The molecule has 0 aliphatic carbocycles. The molecule has 0 aromatic heterocycles. The molecule has 2 unspecified atom stereocenters. The van der Waals surface area contributed by atoms with Crippen LogP contribution in [0.1, 0.15) is 52.6 Å². The van der Waals surface area contributed by atoms with Crippen LogP contribution in [0.3, 0.4) is 0 Å². The van der Waals surface area contributed by atoms with Crippen LogP contribution in [0.2, 0.25) is 0 Å². The lowest BCUT2D eigenvalue weighted by atomic mass is 10.1. The van der Waals surface area contributed by atoms with E-state index in [9.17, 15) is 18.0 Å². The molecule has 7 nitrogen and oxygen atoms in total. The van der Waals surface area contributed by atoms with Crippen molar-refractivity contribution >= 4 is 21.8 Å². The Morgan fingerprint density at radius 3 is 2.50 bits per heavy atom. The maximum absolute atomic E-state index is 13.4. The minimum Gasteiger partial charge on any atom is -0.295 e. The number of nitrogens with one attached hydrogen (secondary N) is 1. The fraction of sp³-hybridized carbons (Fsp3) is 0.364. The van der Waals surface area contributed by atoms with Gasteiger partial charge >= 0.3 is 0 Å². The zero-order valence-electron chi connectivity index (χ0n) is 17.0. The predicted octanol–water partition coefficient (Wildman–Crippen LogP) is 2.42. The molecule has 2 aliphatic rings. The van der Waals surface area contributed by atoms with Gasteiger partial charge in [-0.05, 0) is 37.1 Å². The molecule has 0 bridgehead atoms. The molecule has 4 rings (SSSR count). The van der Waals surface area contributed by atoms with E-state index in [0.29, 0.717) is 13.1 Å². The summed E-state index contributed by atoms with van der Waals surface area (Å²) in [6.45, 7) is 5.76. The van der Waals surface area contributed by atoms with Crippen molar-refractivity contribution in [1.82, 2.24) is 14.5 Å². The van der Waals surface area contributed by atoms with Gasteiger partial charge < -0.3 is 0 Å². The summed E-state index contributed by atoms with van der Waals surface area (Å²) in [6.07, 6.45) is 0.744. The van der Waals surface area contributed by atoms with Crippen LogP contribution in [0.25, 0.3) is 0 Å². The Morgan fingerprint density at radius 2 is 1.80 bits per heavy atom. The summed E-state index contributed by atoms with van der Waals surface area (Å²) in [7, 11) is -3.80. The fourth-order valence-corrected chi connectivity index (χ4v) is 6.05. The molecule has 2 aromatic carbocycles. The summed E-state index contributed by atoms with van der Waals surface area (Å²) in [5.74, 6) is -1.05. The summed E-state index contributed by atoms with van der Waals surface area (Å²) in [4.78, 5) is 26.1. The number of sulfonamides is 1. The molecular weight excluding hydrogens is 402 g/mol. The quantitative estimate of drug-likeness (QED) is 0.716. The van der Waals surface area contributed by atoms with Gasteiger partial charge in [0.25, 0.3) is 11.8 Å². The maximum atomic E-state index is 13.4. The van der Waals surface area contributed by atoms with Crippen LogP contribution in [0.4, 0.5) is 0 Å². The van der Waals surface area contributed by atoms with Gasteiger partial charge in [0.05, 0.1) is 16.0 Å². The molecule has 1 N–H and O–H groups in total. The van der Waals surface area contributed by atoms with Crippen LogP contribution >= 0.6 is 0 Å². The molecule has 0 saturated carbocycles. The van der Waals surface area contributed by atoms with E-state index in [1.165, 1.54) is 28.1 Å². The number of benzene rings is 2. The second-order valence-electron chi connectivity index (χ2n) is 7.72. The molecule has 8 heteroatoms. The largest absolute Gasteiger partial charge is 0.295 e. The molecule has 2 aliphatic heterocycles. The molecule has 2 amide bonds. The van der Waals surface area contributed by atoms with Gasteiger partial charge in [-0.15, -0.1) is 0 Å². The Morgan fingerprint density at radius 1 is 1.10 bits per heavy atom. The van der Waals surface area contributed by atoms with Crippen molar-refractivity contribution in [2.45, 2.75) is 37.2 Å². The third kappa shape index (κ3) is 3.55. The van der Waals surface area contributed by atoms with Gasteiger partial charge in [0.1, 0.15) is 0 Å². The van der Waals surface area contributed by atoms with Crippen molar-refractivity contribution in [3.05, 3.63) is 65.2 Å². The number of rotatable bonds is 6. The monoisotopic (exact) mass is 427 g/mol. The summed E-state index contributed by atoms with van der Waals surface area (Å²) in [5, 5.41) is 2.20. The van der Waals surface area contributed by atoms with E-state index in [4.69, 9.17) is 0 Å². The Kier molecular flexibility index (Phi) is 5.48. The van der Waals surface area contributed by atoms with Crippen molar-refractivity contribution in [2.24, 2.45) is 0 Å². The van der Waals surface area contributed by atoms with Crippen molar-refractivity contribution in [1.29, 1.82) is 0 Å².